The predicted molar refractivity (Wildman–Crippen MR) is 70.0 cm³/mol. The second-order valence-corrected chi connectivity index (χ2v) is 4.94. The van der Waals surface area contributed by atoms with Gasteiger partial charge in [-0.25, -0.2) is 0 Å². The van der Waals surface area contributed by atoms with E-state index in [-0.39, 0.29) is 0 Å². The molecule has 0 radical (unpaired) electrons. The van der Waals surface area contributed by atoms with Crippen LogP contribution in [0.1, 0.15) is 16.7 Å². The van der Waals surface area contributed by atoms with Crippen LogP contribution in [-0.4, -0.2) is 9.78 Å². The number of aryl methyl sites for hydroxylation is 2. The van der Waals surface area contributed by atoms with Gasteiger partial charge in [0.1, 0.15) is 3.70 Å². The first kappa shape index (κ1) is 10.7. The topological polar surface area (TPSA) is 17.8 Å². The molecule has 0 fully saturated rings. The molecule has 2 aromatic rings. The summed E-state index contributed by atoms with van der Waals surface area (Å²) in [6.45, 7) is 5.11. The van der Waals surface area contributed by atoms with Gasteiger partial charge < -0.3 is 0 Å². The molecule has 78 valence electrons. The molecule has 0 saturated heterocycles. The van der Waals surface area contributed by atoms with Gasteiger partial charge >= 0.3 is 0 Å². The minimum Gasteiger partial charge on any atom is -0.267 e. The van der Waals surface area contributed by atoms with Crippen molar-refractivity contribution in [2.75, 3.05) is 0 Å². The van der Waals surface area contributed by atoms with Crippen LogP contribution >= 0.6 is 22.6 Å². The largest absolute Gasteiger partial charge is 0.267 e. The molecular weight excluding hydrogens is 299 g/mol. The molecule has 2 nitrogen and oxygen atoms in total. The van der Waals surface area contributed by atoms with Gasteiger partial charge in [-0.3, -0.25) is 4.68 Å². The molecule has 0 amide bonds. The fraction of sp³-hybridized carbons (Fsp3) is 0.250. The van der Waals surface area contributed by atoms with Crippen molar-refractivity contribution in [3.63, 3.8) is 0 Å². The van der Waals surface area contributed by atoms with E-state index in [0.29, 0.717) is 0 Å². The SMILES string of the molecule is Cc1cc(C)cc(Cn2ccc(I)n2)c1. The third-order valence-corrected chi connectivity index (χ3v) is 2.81. The molecular formula is C12H13IN2. The summed E-state index contributed by atoms with van der Waals surface area (Å²) in [4.78, 5) is 0. The predicted octanol–water partition coefficient (Wildman–Crippen LogP) is 3.15. The van der Waals surface area contributed by atoms with Crippen LogP contribution < -0.4 is 0 Å². The fourth-order valence-corrected chi connectivity index (χ4v) is 2.21. The van der Waals surface area contributed by atoms with Crippen molar-refractivity contribution in [3.8, 4) is 0 Å². The minimum atomic E-state index is 0.853. The maximum absolute atomic E-state index is 4.37. The van der Waals surface area contributed by atoms with Crippen LogP contribution in [0.25, 0.3) is 0 Å². The molecule has 0 bridgehead atoms. The van der Waals surface area contributed by atoms with E-state index in [1.165, 1.54) is 16.7 Å². The third kappa shape index (κ3) is 2.81. The number of benzene rings is 1. The smallest absolute Gasteiger partial charge is 0.123 e. The molecule has 0 N–H and O–H groups in total. The van der Waals surface area contributed by atoms with E-state index in [4.69, 9.17) is 0 Å². The molecule has 1 aromatic heterocycles. The van der Waals surface area contributed by atoms with Crippen molar-refractivity contribution in [1.29, 1.82) is 0 Å². The maximum atomic E-state index is 4.37. The van der Waals surface area contributed by atoms with Crippen molar-refractivity contribution in [2.24, 2.45) is 0 Å². The van der Waals surface area contributed by atoms with Crippen LogP contribution in [-0.2, 0) is 6.54 Å². The van der Waals surface area contributed by atoms with Gasteiger partial charge in [0.15, 0.2) is 0 Å². The molecule has 0 aliphatic carbocycles. The van der Waals surface area contributed by atoms with E-state index in [1.54, 1.807) is 0 Å². The molecule has 0 unspecified atom stereocenters. The Bertz CT molecular complexity index is 454. The fourth-order valence-electron chi connectivity index (χ4n) is 1.77. The summed E-state index contributed by atoms with van der Waals surface area (Å²) >= 11 is 2.22. The molecule has 0 saturated carbocycles. The van der Waals surface area contributed by atoms with Gasteiger partial charge in [-0.05, 0) is 48.1 Å². The van der Waals surface area contributed by atoms with Gasteiger partial charge in [0.25, 0.3) is 0 Å². The highest BCUT2D eigenvalue weighted by atomic mass is 127. The number of aromatic nitrogens is 2. The lowest BCUT2D eigenvalue weighted by Gasteiger charge is -2.05. The molecule has 0 aliphatic rings. The molecule has 3 heteroatoms. The van der Waals surface area contributed by atoms with Crippen molar-refractivity contribution in [2.45, 2.75) is 20.4 Å². The average molecular weight is 312 g/mol. The van der Waals surface area contributed by atoms with Gasteiger partial charge in [-0.2, -0.15) is 5.10 Å². The summed E-state index contributed by atoms with van der Waals surface area (Å²) in [7, 11) is 0. The van der Waals surface area contributed by atoms with E-state index >= 15 is 0 Å². The Morgan fingerprint density at radius 1 is 1.20 bits per heavy atom. The Kier molecular flexibility index (Phi) is 3.09. The Labute approximate surface area is 103 Å². The zero-order chi connectivity index (χ0) is 10.8. The second-order valence-electron chi connectivity index (χ2n) is 3.83. The molecule has 0 aliphatic heterocycles. The summed E-state index contributed by atoms with van der Waals surface area (Å²) in [5.41, 5.74) is 3.94. The lowest BCUT2D eigenvalue weighted by molar-refractivity contribution is 0.680. The number of halogens is 1. The van der Waals surface area contributed by atoms with E-state index < -0.39 is 0 Å². The Balaban J connectivity index is 2.24. The number of rotatable bonds is 2. The number of hydrogen-bond acceptors (Lipinski definition) is 1. The van der Waals surface area contributed by atoms with Crippen molar-refractivity contribution >= 4 is 22.6 Å². The molecule has 15 heavy (non-hydrogen) atoms. The first-order chi connectivity index (χ1) is 7.13. The van der Waals surface area contributed by atoms with Crippen LogP contribution in [0.2, 0.25) is 0 Å². The molecule has 1 aromatic carbocycles. The van der Waals surface area contributed by atoms with Crippen LogP contribution in [0.5, 0.6) is 0 Å². The zero-order valence-corrected chi connectivity index (χ0v) is 11.0. The molecule has 0 spiro atoms. The van der Waals surface area contributed by atoms with Crippen molar-refractivity contribution < 1.29 is 0 Å². The van der Waals surface area contributed by atoms with Gasteiger partial charge in [-0.15, -0.1) is 0 Å². The zero-order valence-electron chi connectivity index (χ0n) is 8.87. The Morgan fingerprint density at radius 3 is 2.40 bits per heavy atom. The highest BCUT2D eigenvalue weighted by Crippen LogP contribution is 2.10. The van der Waals surface area contributed by atoms with Gasteiger partial charge in [-0.1, -0.05) is 29.3 Å². The molecule has 2 rings (SSSR count). The highest BCUT2D eigenvalue weighted by Gasteiger charge is 1.99. The number of nitrogens with zero attached hydrogens (tertiary/aromatic N) is 2. The normalized spacial score (nSPS) is 10.6. The summed E-state index contributed by atoms with van der Waals surface area (Å²) < 4.78 is 3.01. The summed E-state index contributed by atoms with van der Waals surface area (Å²) in [5, 5.41) is 4.37. The van der Waals surface area contributed by atoms with Gasteiger partial charge in [0, 0.05) is 6.20 Å². The quantitative estimate of drug-likeness (QED) is 0.779. The van der Waals surface area contributed by atoms with E-state index in [9.17, 15) is 0 Å². The van der Waals surface area contributed by atoms with E-state index in [0.717, 1.165) is 10.2 Å². The maximum Gasteiger partial charge on any atom is 0.123 e. The Morgan fingerprint density at radius 2 is 1.87 bits per heavy atom. The standard InChI is InChI=1S/C12H13IN2/c1-9-5-10(2)7-11(6-9)8-15-4-3-12(13)14-15/h3-7H,8H2,1-2H3. The summed E-state index contributed by atoms with van der Waals surface area (Å²) in [5.74, 6) is 0. The van der Waals surface area contributed by atoms with Gasteiger partial charge in [0.2, 0.25) is 0 Å². The van der Waals surface area contributed by atoms with E-state index in [2.05, 4.69) is 59.7 Å². The van der Waals surface area contributed by atoms with Crippen LogP contribution in [0, 0.1) is 17.5 Å². The Hall–Kier alpha value is -0.840. The lowest BCUT2D eigenvalue weighted by Crippen LogP contribution is -2.01. The first-order valence-corrected chi connectivity index (χ1v) is 5.97. The molecule has 1 heterocycles. The minimum absolute atomic E-state index is 0.853. The monoisotopic (exact) mass is 312 g/mol. The van der Waals surface area contributed by atoms with Gasteiger partial charge in [0.05, 0.1) is 6.54 Å². The summed E-state index contributed by atoms with van der Waals surface area (Å²) in [6, 6.07) is 8.63. The van der Waals surface area contributed by atoms with Crippen LogP contribution in [0.15, 0.2) is 30.5 Å². The van der Waals surface area contributed by atoms with Crippen LogP contribution in [0.3, 0.4) is 0 Å². The van der Waals surface area contributed by atoms with Crippen molar-refractivity contribution in [3.05, 3.63) is 50.9 Å². The van der Waals surface area contributed by atoms with E-state index in [1.807, 2.05) is 16.9 Å². The highest BCUT2D eigenvalue weighted by molar-refractivity contribution is 14.1. The number of hydrogen-bond donors (Lipinski definition) is 0. The lowest BCUT2D eigenvalue weighted by atomic mass is 10.1. The van der Waals surface area contributed by atoms with Crippen molar-refractivity contribution in [1.82, 2.24) is 9.78 Å². The average Bonchev–Trinajstić information content (AvgIpc) is 2.49. The molecule has 0 atom stereocenters. The summed E-state index contributed by atoms with van der Waals surface area (Å²) in [6.07, 6.45) is 2.01. The third-order valence-electron chi connectivity index (χ3n) is 2.23. The first-order valence-electron chi connectivity index (χ1n) is 4.89. The second kappa shape index (κ2) is 4.35. The van der Waals surface area contributed by atoms with Crippen LogP contribution in [0.4, 0.5) is 0 Å².